The van der Waals surface area contributed by atoms with Crippen molar-refractivity contribution < 1.29 is 13.9 Å². The van der Waals surface area contributed by atoms with Crippen LogP contribution >= 0.6 is 0 Å². The fourth-order valence-corrected chi connectivity index (χ4v) is 1.42. The van der Waals surface area contributed by atoms with Crippen LogP contribution in [0.1, 0.15) is 22.8 Å². The molecule has 1 heterocycles. The number of halogens is 1. The maximum atomic E-state index is 13.0. The molecule has 0 aromatic heterocycles. The molecule has 3 heteroatoms. The van der Waals surface area contributed by atoms with Gasteiger partial charge in [0.25, 0.3) is 0 Å². The number of hydrogen-bond donors (Lipinski definition) is 0. The number of fused-ring (bicyclic) bond motifs is 1. The minimum absolute atomic E-state index is 0.0712. The zero-order chi connectivity index (χ0) is 9.59. The summed E-state index contributed by atoms with van der Waals surface area (Å²) in [7, 11) is 0. The normalized spacial score (nSPS) is 19.9. The predicted molar refractivity (Wildman–Crippen MR) is 45.6 cm³/mol. The van der Waals surface area contributed by atoms with Gasteiger partial charge in [-0.15, -0.1) is 0 Å². The van der Waals surface area contributed by atoms with E-state index in [2.05, 4.69) is 0 Å². The summed E-state index contributed by atoms with van der Waals surface area (Å²) >= 11 is 0. The van der Waals surface area contributed by atoms with Gasteiger partial charge in [0, 0.05) is 6.07 Å². The number of hydrogen-bond acceptors (Lipinski definition) is 2. The minimum Gasteiger partial charge on any atom is -0.482 e. The topological polar surface area (TPSA) is 26.3 Å². The number of carbonyl (C=O) groups is 1. The Kier molecular flexibility index (Phi) is 1.62. The Morgan fingerprint density at radius 1 is 1.46 bits per heavy atom. The van der Waals surface area contributed by atoms with Gasteiger partial charge in [0.1, 0.15) is 11.6 Å². The number of Topliss-reactive ketones (excluding diaryl/α,β-unsaturated/α-hetero) is 1. The second-order valence-electron chi connectivity index (χ2n) is 3.22. The van der Waals surface area contributed by atoms with E-state index in [0.29, 0.717) is 16.9 Å². The summed E-state index contributed by atoms with van der Waals surface area (Å²) in [5, 5.41) is 0. The lowest BCUT2D eigenvalue weighted by atomic mass is 10.1. The second-order valence-corrected chi connectivity index (χ2v) is 3.22. The molecule has 1 unspecified atom stereocenters. The number of aryl methyl sites for hydroxylation is 1. The van der Waals surface area contributed by atoms with Gasteiger partial charge in [-0.1, -0.05) is 0 Å². The molecule has 0 saturated heterocycles. The summed E-state index contributed by atoms with van der Waals surface area (Å²) in [6, 6.07) is 2.81. The largest absolute Gasteiger partial charge is 0.482 e. The van der Waals surface area contributed by atoms with Crippen LogP contribution in [0.15, 0.2) is 12.1 Å². The van der Waals surface area contributed by atoms with Gasteiger partial charge in [0.15, 0.2) is 6.10 Å². The number of benzene rings is 1. The highest BCUT2D eigenvalue weighted by molar-refractivity contribution is 6.04. The number of carbonyl (C=O) groups excluding carboxylic acids is 1. The van der Waals surface area contributed by atoms with Crippen molar-refractivity contribution in [3.63, 3.8) is 0 Å². The van der Waals surface area contributed by atoms with Crippen molar-refractivity contribution in [1.29, 1.82) is 0 Å². The van der Waals surface area contributed by atoms with Crippen molar-refractivity contribution in [2.24, 2.45) is 0 Å². The summed E-state index contributed by atoms with van der Waals surface area (Å²) in [6.07, 6.45) is -0.476. The van der Waals surface area contributed by atoms with Crippen LogP contribution in [-0.4, -0.2) is 11.9 Å². The third kappa shape index (κ3) is 1.11. The SMILES string of the molecule is Cc1cc2c(cc1F)OC(C)C2=O. The van der Waals surface area contributed by atoms with E-state index in [1.54, 1.807) is 13.8 Å². The quantitative estimate of drug-likeness (QED) is 0.611. The van der Waals surface area contributed by atoms with Gasteiger partial charge in [-0.05, 0) is 25.5 Å². The van der Waals surface area contributed by atoms with Gasteiger partial charge < -0.3 is 4.74 Å². The first kappa shape index (κ1) is 8.23. The molecular weight excluding hydrogens is 171 g/mol. The van der Waals surface area contributed by atoms with Crippen LogP contribution < -0.4 is 4.74 Å². The summed E-state index contributed by atoms with van der Waals surface area (Å²) in [6.45, 7) is 3.29. The summed E-state index contributed by atoms with van der Waals surface area (Å²) in [5.41, 5.74) is 0.969. The highest BCUT2D eigenvalue weighted by Gasteiger charge is 2.29. The zero-order valence-electron chi connectivity index (χ0n) is 7.43. The molecule has 0 saturated carbocycles. The summed E-state index contributed by atoms with van der Waals surface area (Å²) < 4.78 is 18.2. The standard InChI is InChI=1S/C10H9FO2/c1-5-3-7-9(4-8(5)11)13-6(2)10(7)12/h3-4,6H,1-2H3. The average Bonchev–Trinajstić information content (AvgIpc) is 2.32. The molecule has 2 rings (SSSR count). The smallest absolute Gasteiger partial charge is 0.206 e. The minimum atomic E-state index is -0.476. The van der Waals surface area contributed by atoms with E-state index in [0.717, 1.165) is 0 Å². The highest BCUT2D eigenvalue weighted by Crippen LogP contribution is 2.30. The van der Waals surface area contributed by atoms with Gasteiger partial charge in [0.2, 0.25) is 5.78 Å². The van der Waals surface area contributed by atoms with Crippen LogP contribution in [0.2, 0.25) is 0 Å². The fraction of sp³-hybridized carbons (Fsp3) is 0.300. The maximum absolute atomic E-state index is 13.0. The highest BCUT2D eigenvalue weighted by atomic mass is 19.1. The maximum Gasteiger partial charge on any atom is 0.206 e. The van der Waals surface area contributed by atoms with Gasteiger partial charge in [0.05, 0.1) is 5.56 Å². The Labute approximate surface area is 75.3 Å². The van der Waals surface area contributed by atoms with Crippen molar-refractivity contribution in [2.45, 2.75) is 20.0 Å². The van der Waals surface area contributed by atoms with Crippen LogP contribution in [0.5, 0.6) is 5.75 Å². The molecule has 0 amide bonds. The Bertz CT molecular complexity index is 385. The van der Waals surface area contributed by atoms with E-state index in [1.807, 2.05) is 0 Å². The molecule has 1 aromatic rings. The van der Waals surface area contributed by atoms with Crippen LogP contribution in [0, 0.1) is 12.7 Å². The Balaban J connectivity index is 2.59. The van der Waals surface area contributed by atoms with E-state index < -0.39 is 6.10 Å². The third-order valence-electron chi connectivity index (χ3n) is 2.20. The first-order valence-electron chi connectivity index (χ1n) is 4.10. The second kappa shape index (κ2) is 2.55. The summed E-state index contributed by atoms with van der Waals surface area (Å²) in [5.74, 6) is -0.0423. The lowest BCUT2D eigenvalue weighted by molar-refractivity contribution is 0.0878. The monoisotopic (exact) mass is 180 g/mol. The Morgan fingerprint density at radius 2 is 2.15 bits per heavy atom. The van der Waals surface area contributed by atoms with Crippen molar-refractivity contribution in [3.05, 3.63) is 29.1 Å². The number of ether oxygens (including phenoxy) is 1. The first-order chi connectivity index (χ1) is 6.09. The van der Waals surface area contributed by atoms with Crippen LogP contribution in [0.4, 0.5) is 4.39 Å². The number of rotatable bonds is 0. The van der Waals surface area contributed by atoms with E-state index in [4.69, 9.17) is 4.74 Å². The molecule has 68 valence electrons. The molecule has 0 spiro atoms. The Morgan fingerprint density at radius 3 is 2.85 bits per heavy atom. The van der Waals surface area contributed by atoms with Crippen LogP contribution in [0.3, 0.4) is 0 Å². The molecule has 13 heavy (non-hydrogen) atoms. The van der Waals surface area contributed by atoms with Crippen molar-refractivity contribution in [1.82, 2.24) is 0 Å². The third-order valence-corrected chi connectivity index (χ3v) is 2.20. The molecule has 1 aromatic carbocycles. The van der Waals surface area contributed by atoms with E-state index in [9.17, 15) is 9.18 Å². The lowest BCUT2D eigenvalue weighted by Crippen LogP contribution is -2.14. The average molecular weight is 180 g/mol. The molecule has 0 bridgehead atoms. The molecule has 0 N–H and O–H groups in total. The Hall–Kier alpha value is -1.38. The van der Waals surface area contributed by atoms with E-state index >= 15 is 0 Å². The molecule has 2 nitrogen and oxygen atoms in total. The van der Waals surface area contributed by atoms with E-state index in [-0.39, 0.29) is 11.6 Å². The number of ketones is 1. The molecule has 1 aliphatic rings. The van der Waals surface area contributed by atoms with Gasteiger partial charge in [-0.2, -0.15) is 0 Å². The molecular formula is C10H9FO2. The van der Waals surface area contributed by atoms with Crippen LogP contribution in [0.25, 0.3) is 0 Å². The van der Waals surface area contributed by atoms with Gasteiger partial charge in [-0.3, -0.25) is 4.79 Å². The van der Waals surface area contributed by atoms with Crippen molar-refractivity contribution >= 4 is 5.78 Å². The molecule has 0 fully saturated rings. The predicted octanol–water partition coefficient (Wildman–Crippen LogP) is 2.10. The molecule has 0 aliphatic carbocycles. The molecule has 1 aliphatic heterocycles. The fourth-order valence-electron chi connectivity index (χ4n) is 1.42. The van der Waals surface area contributed by atoms with Crippen LogP contribution in [-0.2, 0) is 0 Å². The molecule has 0 radical (unpaired) electrons. The molecule has 1 atom stereocenters. The lowest BCUT2D eigenvalue weighted by Gasteiger charge is -2.01. The van der Waals surface area contributed by atoms with Crippen molar-refractivity contribution in [3.8, 4) is 5.75 Å². The zero-order valence-corrected chi connectivity index (χ0v) is 7.43. The van der Waals surface area contributed by atoms with Gasteiger partial charge >= 0.3 is 0 Å². The summed E-state index contributed by atoms with van der Waals surface area (Å²) in [4.78, 5) is 11.4. The van der Waals surface area contributed by atoms with E-state index in [1.165, 1.54) is 12.1 Å². The first-order valence-corrected chi connectivity index (χ1v) is 4.10. The van der Waals surface area contributed by atoms with Gasteiger partial charge in [-0.25, -0.2) is 4.39 Å². The van der Waals surface area contributed by atoms with Crippen molar-refractivity contribution in [2.75, 3.05) is 0 Å².